The number of rotatable bonds is 8. The summed E-state index contributed by atoms with van der Waals surface area (Å²) in [5, 5.41) is 34.4. The van der Waals surface area contributed by atoms with Crippen LogP contribution >= 0.6 is 0 Å². The van der Waals surface area contributed by atoms with Gasteiger partial charge in [0.15, 0.2) is 5.82 Å². The lowest BCUT2D eigenvalue weighted by Gasteiger charge is -2.43. The molecule has 12 heteroatoms. The molecule has 2 aliphatic carbocycles. The van der Waals surface area contributed by atoms with Gasteiger partial charge in [-0.2, -0.15) is 5.26 Å². The summed E-state index contributed by atoms with van der Waals surface area (Å²) < 4.78 is 0. The number of nitrogens with zero attached hydrogens (tertiary/aromatic N) is 5. The van der Waals surface area contributed by atoms with Crippen LogP contribution in [0.15, 0.2) is 36.4 Å². The molecule has 3 aliphatic rings. The quantitative estimate of drug-likeness (QED) is 0.301. The molecule has 2 fully saturated rings. The Kier molecular flexibility index (Phi) is 8.38. The number of amides is 3. The summed E-state index contributed by atoms with van der Waals surface area (Å²) in [6.45, 7) is 0.731. The van der Waals surface area contributed by atoms with E-state index < -0.39 is 11.0 Å². The Labute approximate surface area is 262 Å². The number of H-pyrrole nitrogens is 1. The Bertz CT molecular complexity index is 1570. The molecule has 0 bridgehead atoms. The Balaban J connectivity index is 1.50. The van der Waals surface area contributed by atoms with Gasteiger partial charge in [-0.15, -0.1) is 5.10 Å². The van der Waals surface area contributed by atoms with E-state index in [2.05, 4.69) is 42.6 Å². The minimum atomic E-state index is -0.879. The highest BCUT2D eigenvalue weighted by atomic mass is 16.2. The van der Waals surface area contributed by atoms with Gasteiger partial charge in [-0.3, -0.25) is 14.4 Å². The first kappa shape index (κ1) is 30.4. The van der Waals surface area contributed by atoms with Crippen molar-refractivity contribution in [1.82, 2.24) is 41.5 Å². The van der Waals surface area contributed by atoms with Gasteiger partial charge in [-0.25, -0.2) is 5.10 Å². The highest BCUT2D eigenvalue weighted by Crippen LogP contribution is 2.51. The van der Waals surface area contributed by atoms with Gasteiger partial charge in [-0.05, 0) is 102 Å². The fourth-order valence-corrected chi connectivity index (χ4v) is 7.83. The molecule has 3 aromatic rings. The van der Waals surface area contributed by atoms with E-state index in [0.29, 0.717) is 49.2 Å². The van der Waals surface area contributed by atoms with Crippen LogP contribution in [0.25, 0.3) is 0 Å². The van der Waals surface area contributed by atoms with Gasteiger partial charge >= 0.3 is 0 Å². The van der Waals surface area contributed by atoms with Crippen molar-refractivity contribution in [3.8, 4) is 6.07 Å². The smallest absolute Gasteiger partial charge is 0.251 e. The third-order valence-corrected chi connectivity index (χ3v) is 10.0. The summed E-state index contributed by atoms with van der Waals surface area (Å²) in [6, 6.07) is 13.5. The largest absolute Gasteiger partial charge is 0.355 e. The predicted octanol–water partition coefficient (Wildman–Crippen LogP) is 2.16. The van der Waals surface area contributed by atoms with Crippen molar-refractivity contribution in [1.29, 1.82) is 5.26 Å². The van der Waals surface area contributed by atoms with Crippen LogP contribution in [0.5, 0.6) is 0 Å². The highest BCUT2D eigenvalue weighted by molar-refractivity contribution is 5.95. The molecule has 2 heterocycles. The number of tetrazole rings is 1. The molecule has 1 saturated heterocycles. The SMILES string of the molecule is CNC(=O)c1ccc2c(c1)CCc1cc(C(=O)NC)ccc1C2(CC1(NCC(=O)N2CCCC2C#N)CCCC1)c1nnn[nH]1. The Morgan fingerprint density at radius 1 is 0.978 bits per heavy atom. The van der Waals surface area contributed by atoms with Gasteiger partial charge in [0, 0.05) is 37.3 Å². The second kappa shape index (κ2) is 12.4. The van der Waals surface area contributed by atoms with Crippen LogP contribution in [0, 0.1) is 11.3 Å². The second-order valence-electron chi connectivity index (χ2n) is 12.4. The highest BCUT2D eigenvalue weighted by Gasteiger charge is 2.51. The molecule has 1 unspecified atom stereocenters. The number of nitrogens with one attached hydrogen (secondary N) is 4. The van der Waals surface area contributed by atoms with Gasteiger partial charge in [0.05, 0.1) is 18.0 Å². The van der Waals surface area contributed by atoms with E-state index in [9.17, 15) is 19.6 Å². The van der Waals surface area contributed by atoms with E-state index in [1.165, 1.54) is 0 Å². The molecule has 2 aromatic carbocycles. The fraction of sp³-hybridized carbons (Fsp3) is 0.485. The molecule has 234 valence electrons. The number of benzene rings is 2. The molecule has 12 nitrogen and oxygen atoms in total. The molecule has 1 aromatic heterocycles. The number of carbonyl (C=O) groups excluding carboxylic acids is 3. The van der Waals surface area contributed by atoms with Crippen LogP contribution in [0.3, 0.4) is 0 Å². The topological polar surface area (TPSA) is 169 Å². The Hall–Kier alpha value is -4.63. The van der Waals surface area contributed by atoms with Gasteiger partial charge in [0.25, 0.3) is 11.8 Å². The number of aryl methyl sites for hydroxylation is 2. The summed E-state index contributed by atoms with van der Waals surface area (Å²) in [5.41, 5.74) is 3.79. The standard InChI is InChI=1S/C33H39N9O3/c1-35-29(44)23-9-11-26-21(16-23)7-8-22-17-24(30(45)36-2)10-12-27(22)33(26,31-38-40-41-39-31)20-32(13-3-4-14-32)37-19-28(43)42-15-5-6-25(42)18-34/h9-12,16-17,25,37H,3-8,13-15,19-20H2,1-2H3,(H,35,44)(H,36,45)(H,38,39,40,41). The lowest BCUT2D eigenvalue weighted by Crippen LogP contribution is -2.53. The first-order valence-corrected chi connectivity index (χ1v) is 15.7. The lowest BCUT2D eigenvalue weighted by atomic mass is 9.64. The van der Waals surface area contributed by atoms with E-state index in [1.807, 2.05) is 36.4 Å². The molecule has 0 radical (unpaired) electrons. The molecule has 1 atom stereocenters. The number of aromatic nitrogens is 4. The zero-order valence-electron chi connectivity index (χ0n) is 25.8. The first-order valence-electron chi connectivity index (χ1n) is 15.7. The average molecular weight is 610 g/mol. The number of hydrogen-bond acceptors (Lipinski definition) is 8. The predicted molar refractivity (Wildman–Crippen MR) is 165 cm³/mol. The zero-order valence-corrected chi connectivity index (χ0v) is 25.8. The summed E-state index contributed by atoms with van der Waals surface area (Å²) in [7, 11) is 3.23. The van der Waals surface area contributed by atoms with Crippen molar-refractivity contribution in [2.45, 2.75) is 74.8 Å². The van der Waals surface area contributed by atoms with Crippen LogP contribution < -0.4 is 16.0 Å². The van der Waals surface area contributed by atoms with Crippen LogP contribution in [0.2, 0.25) is 0 Å². The van der Waals surface area contributed by atoms with E-state index in [4.69, 9.17) is 0 Å². The van der Waals surface area contributed by atoms with Crippen molar-refractivity contribution in [3.05, 3.63) is 75.6 Å². The monoisotopic (exact) mass is 609 g/mol. The molecule has 45 heavy (non-hydrogen) atoms. The van der Waals surface area contributed by atoms with Crippen LogP contribution in [-0.2, 0) is 23.1 Å². The molecule has 0 spiro atoms. The van der Waals surface area contributed by atoms with Crippen molar-refractivity contribution >= 4 is 17.7 Å². The van der Waals surface area contributed by atoms with E-state index in [1.54, 1.807) is 19.0 Å². The average Bonchev–Trinajstić information content (AvgIpc) is 3.86. The van der Waals surface area contributed by atoms with Gasteiger partial charge in [0.2, 0.25) is 5.91 Å². The number of likely N-dealkylation sites (tertiary alicyclic amines) is 1. The third kappa shape index (κ3) is 5.46. The van der Waals surface area contributed by atoms with E-state index >= 15 is 0 Å². The van der Waals surface area contributed by atoms with Crippen LogP contribution in [-0.4, -0.2) is 82.0 Å². The third-order valence-electron chi connectivity index (χ3n) is 10.0. The van der Waals surface area contributed by atoms with Crippen molar-refractivity contribution in [2.75, 3.05) is 27.2 Å². The van der Waals surface area contributed by atoms with Gasteiger partial charge < -0.3 is 20.9 Å². The molecular formula is C33H39N9O3. The number of carbonyl (C=O) groups is 3. The Morgan fingerprint density at radius 2 is 1.60 bits per heavy atom. The molecule has 1 saturated carbocycles. The molecule has 3 amide bonds. The van der Waals surface area contributed by atoms with Gasteiger partial charge in [0.1, 0.15) is 6.04 Å². The van der Waals surface area contributed by atoms with Gasteiger partial charge in [-0.1, -0.05) is 25.0 Å². The molecule has 1 aliphatic heterocycles. The van der Waals surface area contributed by atoms with Crippen LogP contribution in [0.1, 0.15) is 93.7 Å². The summed E-state index contributed by atoms with van der Waals surface area (Å²) >= 11 is 0. The van der Waals surface area contributed by atoms with Crippen molar-refractivity contribution in [3.63, 3.8) is 0 Å². The normalized spacial score (nSPS) is 19.6. The maximum absolute atomic E-state index is 13.4. The van der Waals surface area contributed by atoms with Crippen molar-refractivity contribution in [2.24, 2.45) is 0 Å². The zero-order chi connectivity index (χ0) is 31.6. The summed E-state index contributed by atoms with van der Waals surface area (Å²) in [4.78, 5) is 40.6. The van der Waals surface area contributed by atoms with Crippen LogP contribution in [0.4, 0.5) is 0 Å². The first-order chi connectivity index (χ1) is 21.8. The number of hydrogen-bond donors (Lipinski definition) is 4. The lowest BCUT2D eigenvalue weighted by molar-refractivity contribution is -0.130. The summed E-state index contributed by atoms with van der Waals surface area (Å²) in [5.74, 6) is 0.167. The number of fused-ring (bicyclic) bond motifs is 2. The molecule has 4 N–H and O–H groups in total. The number of nitriles is 1. The number of aromatic amines is 1. The maximum atomic E-state index is 13.4. The van der Waals surface area contributed by atoms with E-state index in [0.717, 1.165) is 54.4 Å². The molecular weight excluding hydrogens is 570 g/mol. The van der Waals surface area contributed by atoms with E-state index in [-0.39, 0.29) is 30.3 Å². The summed E-state index contributed by atoms with van der Waals surface area (Å²) in [6.07, 6.45) is 7.09. The molecule has 6 rings (SSSR count). The minimum Gasteiger partial charge on any atom is -0.355 e. The minimum absolute atomic E-state index is 0.0622. The maximum Gasteiger partial charge on any atom is 0.251 e. The van der Waals surface area contributed by atoms with Crippen molar-refractivity contribution < 1.29 is 14.4 Å². The Morgan fingerprint density at radius 3 is 2.13 bits per heavy atom. The fourth-order valence-electron chi connectivity index (χ4n) is 7.83. The second-order valence-corrected chi connectivity index (χ2v) is 12.4.